The molecular weight excluding hydrogens is 206 g/mol. The molecule has 1 fully saturated rings. The molecule has 0 bridgehead atoms. The Balaban J connectivity index is 2.11. The molecule has 80 valence electrons. The average molecular weight is 221 g/mol. The molecule has 1 N–H and O–H groups in total. The summed E-state index contributed by atoms with van der Waals surface area (Å²) >= 11 is 4.27. The van der Waals surface area contributed by atoms with Crippen LogP contribution in [0.5, 0.6) is 0 Å². The zero-order chi connectivity index (χ0) is 10.9. The molecule has 15 heavy (non-hydrogen) atoms. The Hall–Kier alpha value is -0.960. The molecule has 0 aromatic heterocycles. The first-order chi connectivity index (χ1) is 7.11. The summed E-state index contributed by atoms with van der Waals surface area (Å²) in [4.78, 5) is 12.6. The van der Waals surface area contributed by atoms with Gasteiger partial charge >= 0.3 is 0 Å². The summed E-state index contributed by atoms with van der Waals surface area (Å²) in [7, 11) is 0. The highest BCUT2D eigenvalue weighted by molar-refractivity contribution is 7.80. The zero-order valence-electron chi connectivity index (χ0n) is 8.79. The van der Waals surface area contributed by atoms with Gasteiger partial charge in [0, 0.05) is 10.4 Å². The van der Waals surface area contributed by atoms with Gasteiger partial charge in [-0.05, 0) is 38.3 Å². The lowest BCUT2D eigenvalue weighted by Crippen LogP contribution is -2.51. The van der Waals surface area contributed by atoms with E-state index < -0.39 is 0 Å². The van der Waals surface area contributed by atoms with Crippen LogP contribution in [0.2, 0.25) is 0 Å². The number of carbonyl (C=O) groups excluding carboxylic acids is 1. The molecule has 2 nitrogen and oxygen atoms in total. The smallest absolute Gasteiger partial charge is 0.252 e. The third kappa shape index (κ3) is 2.17. The summed E-state index contributed by atoms with van der Waals surface area (Å²) in [6.45, 7) is 2.09. The molecule has 0 radical (unpaired) electrons. The standard InChI is InChI=1S/C12H15NOS/c1-12(7-4-8-12)13-11(14)9-5-2-3-6-10(9)15/h2-3,5-6,15H,4,7-8H2,1H3,(H,13,14). The predicted octanol–water partition coefficient (Wildman–Crippen LogP) is 2.65. The Labute approximate surface area is 95.5 Å². The minimum atomic E-state index is -0.0113. The number of hydrogen-bond donors (Lipinski definition) is 2. The summed E-state index contributed by atoms with van der Waals surface area (Å²) in [5.41, 5.74) is 0.668. The highest BCUT2D eigenvalue weighted by atomic mass is 32.1. The van der Waals surface area contributed by atoms with Crippen LogP contribution < -0.4 is 5.32 Å². The van der Waals surface area contributed by atoms with Crippen molar-refractivity contribution in [1.82, 2.24) is 5.32 Å². The number of nitrogens with one attached hydrogen (secondary N) is 1. The van der Waals surface area contributed by atoms with E-state index in [0.717, 1.165) is 17.7 Å². The van der Waals surface area contributed by atoms with Crippen LogP contribution in [0.1, 0.15) is 36.5 Å². The average Bonchev–Trinajstić information content (AvgIpc) is 2.16. The van der Waals surface area contributed by atoms with Crippen LogP contribution in [0.4, 0.5) is 0 Å². The van der Waals surface area contributed by atoms with Gasteiger partial charge in [0.2, 0.25) is 0 Å². The van der Waals surface area contributed by atoms with Crippen LogP contribution in [0.3, 0.4) is 0 Å². The van der Waals surface area contributed by atoms with E-state index >= 15 is 0 Å². The van der Waals surface area contributed by atoms with E-state index in [9.17, 15) is 4.79 Å². The van der Waals surface area contributed by atoms with E-state index in [4.69, 9.17) is 0 Å². The quantitative estimate of drug-likeness (QED) is 0.739. The van der Waals surface area contributed by atoms with Gasteiger partial charge in [0.25, 0.3) is 5.91 Å². The van der Waals surface area contributed by atoms with E-state index in [1.165, 1.54) is 6.42 Å². The maximum atomic E-state index is 11.9. The van der Waals surface area contributed by atoms with Gasteiger partial charge in [0.15, 0.2) is 0 Å². The molecule has 0 aliphatic heterocycles. The molecule has 0 spiro atoms. The van der Waals surface area contributed by atoms with Crippen LogP contribution >= 0.6 is 12.6 Å². The SMILES string of the molecule is CC1(NC(=O)c2ccccc2S)CCC1. The second-order valence-corrected chi connectivity index (χ2v) is 4.87. The topological polar surface area (TPSA) is 29.1 Å². The van der Waals surface area contributed by atoms with Gasteiger partial charge in [-0.1, -0.05) is 12.1 Å². The van der Waals surface area contributed by atoms with E-state index in [-0.39, 0.29) is 11.4 Å². The molecule has 3 heteroatoms. The van der Waals surface area contributed by atoms with Gasteiger partial charge in [0.05, 0.1) is 5.56 Å². The first-order valence-corrected chi connectivity index (χ1v) is 5.66. The van der Waals surface area contributed by atoms with Crippen molar-refractivity contribution in [3.05, 3.63) is 29.8 Å². The molecule has 1 saturated carbocycles. The van der Waals surface area contributed by atoms with E-state index in [1.807, 2.05) is 18.2 Å². The van der Waals surface area contributed by atoms with Crippen molar-refractivity contribution < 1.29 is 4.79 Å². The molecule has 1 aliphatic carbocycles. The normalized spacial score (nSPS) is 18.0. The third-order valence-electron chi connectivity index (χ3n) is 3.02. The summed E-state index contributed by atoms with van der Waals surface area (Å²) < 4.78 is 0. The summed E-state index contributed by atoms with van der Waals surface area (Å²) in [5, 5.41) is 3.06. The molecule has 1 aliphatic rings. The Morgan fingerprint density at radius 1 is 1.40 bits per heavy atom. The number of hydrogen-bond acceptors (Lipinski definition) is 2. The summed E-state index contributed by atoms with van der Waals surface area (Å²) in [5.74, 6) is -0.0113. The highest BCUT2D eigenvalue weighted by Gasteiger charge is 2.33. The Bertz CT molecular complexity index is 385. The Morgan fingerprint density at radius 3 is 2.60 bits per heavy atom. The molecule has 0 unspecified atom stereocenters. The van der Waals surface area contributed by atoms with Crippen LogP contribution in [0.25, 0.3) is 0 Å². The summed E-state index contributed by atoms with van der Waals surface area (Å²) in [6.07, 6.45) is 3.36. The fourth-order valence-electron chi connectivity index (χ4n) is 1.84. The largest absolute Gasteiger partial charge is 0.347 e. The molecule has 0 heterocycles. The number of benzene rings is 1. The van der Waals surface area contributed by atoms with E-state index in [0.29, 0.717) is 5.56 Å². The van der Waals surface area contributed by atoms with Crippen molar-refractivity contribution >= 4 is 18.5 Å². The fourth-order valence-corrected chi connectivity index (χ4v) is 2.10. The van der Waals surface area contributed by atoms with Gasteiger partial charge in [-0.15, -0.1) is 12.6 Å². The lowest BCUT2D eigenvalue weighted by atomic mass is 9.78. The van der Waals surface area contributed by atoms with E-state index in [2.05, 4.69) is 24.9 Å². The second-order valence-electron chi connectivity index (χ2n) is 4.39. The van der Waals surface area contributed by atoms with Gasteiger partial charge in [-0.25, -0.2) is 0 Å². The van der Waals surface area contributed by atoms with E-state index in [1.54, 1.807) is 6.07 Å². The summed E-state index contributed by atoms with van der Waals surface area (Å²) in [6, 6.07) is 7.38. The fraction of sp³-hybridized carbons (Fsp3) is 0.417. The lowest BCUT2D eigenvalue weighted by molar-refractivity contribution is 0.0847. The molecule has 1 aromatic carbocycles. The van der Waals surface area contributed by atoms with Crippen molar-refractivity contribution in [2.24, 2.45) is 0 Å². The molecule has 1 amide bonds. The van der Waals surface area contributed by atoms with Crippen molar-refractivity contribution in [3.63, 3.8) is 0 Å². The zero-order valence-corrected chi connectivity index (χ0v) is 9.68. The second kappa shape index (κ2) is 3.89. The first kappa shape index (κ1) is 10.6. The first-order valence-electron chi connectivity index (χ1n) is 5.21. The number of amides is 1. The number of carbonyl (C=O) groups is 1. The van der Waals surface area contributed by atoms with Gasteiger partial charge in [-0.3, -0.25) is 4.79 Å². The van der Waals surface area contributed by atoms with Crippen LogP contribution in [-0.4, -0.2) is 11.4 Å². The van der Waals surface area contributed by atoms with Crippen molar-refractivity contribution in [1.29, 1.82) is 0 Å². The minimum absolute atomic E-state index is 0.00709. The van der Waals surface area contributed by atoms with Gasteiger partial charge in [0.1, 0.15) is 0 Å². The van der Waals surface area contributed by atoms with Crippen LogP contribution in [0.15, 0.2) is 29.2 Å². The number of rotatable bonds is 2. The maximum Gasteiger partial charge on any atom is 0.252 e. The molecule has 0 saturated heterocycles. The third-order valence-corrected chi connectivity index (χ3v) is 3.41. The van der Waals surface area contributed by atoms with Gasteiger partial charge < -0.3 is 5.32 Å². The molecular formula is C12H15NOS. The van der Waals surface area contributed by atoms with Gasteiger partial charge in [-0.2, -0.15) is 0 Å². The molecule has 0 atom stereocenters. The number of thiol groups is 1. The predicted molar refractivity (Wildman–Crippen MR) is 63.4 cm³/mol. The maximum absolute atomic E-state index is 11.9. The molecule has 2 rings (SSSR count). The van der Waals surface area contributed by atoms with Crippen LogP contribution in [0, 0.1) is 0 Å². The van der Waals surface area contributed by atoms with Crippen molar-refractivity contribution in [3.8, 4) is 0 Å². The minimum Gasteiger partial charge on any atom is -0.347 e. The lowest BCUT2D eigenvalue weighted by Gasteiger charge is -2.39. The van der Waals surface area contributed by atoms with Crippen molar-refractivity contribution in [2.75, 3.05) is 0 Å². The highest BCUT2D eigenvalue weighted by Crippen LogP contribution is 2.31. The monoisotopic (exact) mass is 221 g/mol. The van der Waals surface area contributed by atoms with Crippen molar-refractivity contribution in [2.45, 2.75) is 36.6 Å². The molecule has 1 aromatic rings. The van der Waals surface area contributed by atoms with Crippen LogP contribution in [-0.2, 0) is 0 Å². The Kier molecular flexibility index (Phi) is 2.74. The Morgan fingerprint density at radius 2 is 2.07 bits per heavy atom.